The van der Waals surface area contributed by atoms with Crippen molar-refractivity contribution in [3.05, 3.63) is 62.2 Å². The van der Waals surface area contributed by atoms with Gasteiger partial charge in [0, 0.05) is 12.6 Å². The first-order valence-electron chi connectivity index (χ1n) is 7.27. The molecule has 22 heavy (non-hydrogen) atoms. The van der Waals surface area contributed by atoms with E-state index in [4.69, 9.17) is 0 Å². The molecule has 2 aliphatic carbocycles. The molecule has 0 saturated heterocycles. The first kappa shape index (κ1) is 13.7. The van der Waals surface area contributed by atoms with E-state index in [2.05, 4.69) is 50.5 Å². The van der Waals surface area contributed by atoms with E-state index in [1.165, 1.54) is 29.8 Å². The predicted molar refractivity (Wildman–Crippen MR) is 86.9 cm³/mol. The quantitative estimate of drug-likeness (QED) is 0.666. The topological polar surface area (TPSA) is 68.1 Å². The minimum absolute atomic E-state index is 0.00496. The van der Waals surface area contributed by atoms with Crippen molar-refractivity contribution in [3.63, 3.8) is 0 Å². The summed E-state index contributed by atoms with van der Waals surface area (Å²) < 4.78 is 0.632. The fourth-order valence-corrected chi connectivity index (χ4v) is 4.11. The molecule has 0 radical (unpaired) electrons. The first-order valence-corrected chi connectivity index (χ1v) is 8.06. The van der Waals surface area contributed by atoms with Gasteiger partial charge in [-0.3, -0.25) is 10.1 Å². The Balaban J connectivity index is 1.42. The van der Waals surface area contributed by atoms with Gasteiger partial charge in [0.15, 0.2) is 0 Å². The highest BCUT2D eigenvalue weighted by Crippen LogP contribution is 2.61. The van der Waals surface area contributed by atoms with Crippen molar-refractivity contribution in [2.45, 2.75) is 12.3 Å². The monoisotopic (exact) mass is 359 g/mol. The first-order chi connectivity index (χ1) is 10.6. The van der Waals surface area contributed by atoms with Crippen LogP contribution in [-0.2, 0) is 6.42 Å². The van der Waals surface area contributed by atoms with Crippen LogP contribution in [0.2, 0.25) is 0 Å². The van der Waals surface area contributed by atoms with Crippen LogP contribution in [0.1, 0.15) is 17.0 Å². The van der Waals surface area contributed by atoms with E-state index in [-0.39, 0.29) is 5.69 Å². The Morgan fingerprint density at radius 3 is 3.00 bits per heavy atom. The predicted octanol–water partition coefficient (Wildman–Crippen LogP) is 3.75. The third kappa shape index (κ3) is 2.18. The van der Waals surface area contributed by atoms with E-state index >= 15 is 0 Å². The molecule has 3 unspecified atom stereocenters. The summed E-state index contributed by atoms with van der Waals surface area (Å²) in [4.78, 5) is 14.4. The SMILES string of the molecule is O=[N+]([O-])c1cnc(NCC2C3Cc4ccccc4C23)c(Br)c1. The number of fused-ring (bicyclic) bond motifs is 3. The number of aromatic nitrogens is 1. The van der Waals surface area contributed by atoms with E-state index in [9.17, 15) is 10.1 Å². The lowest BCUT2D eigenvalue weighted by Gasteiger charge is -2.10. The number of rotatable bonds is 4. The van der Waals surface area contributed by atoms with Crippen LogP contribution in [0.25, 0.3) is 0 Å². The Kier molecular flexibility index (Phi) is 3.14. The maximum absolute atomic E-state index is 10.7. The number of nitro groups is 1. The van der Waals surface area contributed by atoms with Gasteiger partial charge in [-0.05, 0) is 51.2 Å². The van der Waals surface area contributed by atoms with Crippen molar-refractivity contribution >= 4 is 27.4 Å². The maximum atomic E-state index is 10.7. The van der Waals surface area contributed by atoms with Gasteiger partial charge in [-0.15, -0.1) is 0 Å². The second-order valence-corrected chi connectivity index (χ2v) is 6.77. The Morgan fingerprint density at radius 1 is 1.41 bits per heavy atom. The Hall–Kier alpha value is -1.95. The fourth-order valence-electron chi connectivity index (χ4n) is 3.63. The van der Waals surface area contributed by atoms with Gasteiger partial charge in [-0.1, -0.05) is 24.3 Å². The molecule has 0 aliphatic heterocycles. The van der Waals surface area contributed by atoms with Crippen LogP contribution in [0, 0.1) is 22.0 Å². The van der Waals surface area contributed by atoms with E-state index in [0.29, 0.717) is 22.1 Å². The Bertz CT molecular complexity index is 765. The molecular weight excluding hydrogens is 346 g/mol. The Labute approximate surface area is 136 Å². The van der Waals surface area contributed by atoms with E-state index in [1.54, 1.807) is 0 Å². The zero-order valence-corrected chi connectivity index (χ0v) is 13.3. The van der Waals surface area contributed by atoms with Crippen LogP contribution < -0.4 is 5.32 Å². The molecule has 0 amide bonds. The molecule has 0 spiro atoms. The highest BCUT2D eigenvalue weighted by molar-refractivity contribution is 9.10. The molecule has 4 rings (SSSR count). The normalized spacial score (nSPS) is 24.5. The van der Waals surface area contributed by atoms with Gasteiger partial charge in [0.25, 0.3) is 5.69 Å². The molecule has 1 aromatic carbocycles. The fraction of sp³-hybridized carbons (Fsp3) is 0.312. The van der Waals surface area contributed by atoms with Crippen LogP contribution in [0.3, 0.4) is 0 Å². The molecule has 3 atom stereocenters. The number of nitrogens with one attached hydrogen (secondary N) is 1. The summed E-state index contributed by atoms with van der Waals surface area (Å²) in [5, 5.41) is 14.0. The lowest BCUT2D eigenvalue weighted by molar-refractivity contribution is -0.385. The van der Waals surface area contributed by atoms with Crippen molar-refractivity contribution in [1.82, 2.24) is 4.98 Å². The van der Waals surface area contributed by atoms with Gasteiger partial charge in [0.2, 0.25) is 0 Å². The second kappa shape index (κ2) is 5.05. The van der Waals surface area contributed by atoms with Gasteiger partial charge in [0.05, 0.1) is 9.40 Å². The molecular formula is C16H14BrN3O2. The molecule has 0 bridgehead atoms. The molecule has 1 fully saturated rings. The van der Waals surface area contributed by atoms with Gasteiger partial charge < -0.3 is 5.32 Å². The summed E-state index contributed by atoms with van der Waals surface area (Å²) >= 11 is 3.34. The summed E-state index contributed by atoms with van der Waals surface area (Å²) in [5.74, 6) is 2.71. The van der Waals surface area contributed by atoms with Crippen LogP contribution in [0.4, 0.5) is 11.5 Å². The van der Waals surface area contributed by atoms with Gasteiger partial charge in [-0.25, -0.2) is 4.98 Å². The molecule has 112 valence electrons. The van der Waals surface area contributed by atoms with Crippen LogP contribution in [0.15, 0.2) is 41.0 Å². The number of hydrogen-bond acceptors (Lipinski definition) is 4. The highest BCUT2D eigenvalue weighted by atomic mass is 79.9. The average molecular weight is 360 g/mol. The number of pyridine rings is 1. The van der Waals surface area contributed by atoms with Gasteiger partial charge in [0.1, 0.15) is 12.0 Å². The van der Waals surface area contributed by atoms with Crippen molar-refractivity contribution in [3.8, 4) is 0 Å². The van der Waals surface area contributed by atoms with E-state index in [1.807, 2.05) is 0 Å². The smallest absolute Gasteiger partial charge is 0.288 e. The summed E-state index contributed by atoms with van der Waals surface area (Å²) in [5.41, 5.74) is 2.98. The third-order valence-electron chi connectivity index (χ3n) is 4.74. The zero-order chi connectivity index (χ0) is 15.3. The van der Waals surface area contributed by atoms with Gasteiger partial charge in [-0.2, -0.15) is 0 Å². The summed E-state index contributed by atoms with van der Waals surface area (Å²) in [7, 11) is 0. The minimum atomic E-state index is -0.441. The average Bonchev–Trinajstić information content (AvgIpc) is 3.04. The number of halogens is 1. The van der Waals surface area contributed by atoms with E-state index < -0.39 is 4.92 Å². The van der Waals surface area contributed by atoms with Crippen LogP contribution >= 0.6 is 15.9 Å². The highest BCUT2D eigenvalue weighted by Gasteiger charge is 2.54. The van der Waals surface area contributed by atoms with Crippen LogP contribution in [0.5, 0.6) is 0 Å². The molecule has 2 aromatic rings. The Morgan fingerprint density at radius 2 is 2.23 bits per heavy atom. The third-order valence-corrected chi connectivity index (χ3v) is 5.35. The van der Waals surface area contributed by atoms with Crippen LogP contribution in [-0.4, -0.2) is 16.5 Å². The number of anilines is 1. The van der Waals surface area contributed by atoms with Crippen molar-refractivity contribution < 1.29 is 4.92 Å². The maximum Gasteiger partial charge on any atom is 0.288 e. The van der Waals surface area contributed by atoms with Crippen molar-refractivity contribution in [2.75, 3.05) is 11.9 Å². The second-order valence-electron chi connectivity index (χ2n) is 5.92. The number of nitrogens with zero attached hydrogens (tertiary/aromatic N) is 2. The van der Waals surface area contributed by atoms with Crippen molar-refractivity contribution in [2.24, 2.45) is 11.8 Å². The number of benzene rings is 1. The molecule has 6 heteroatoms. The molecule has 1 saturated carbocycles. The molecule has 1 heterocycles. The molecule has 1 N–H and O–H groups in total. The molecule has 1 aromatic heterocycles. The molecule has 5 nitrogen and oxygen atoms in total. The standard InChI is InChI=1S/C16H14BrN3O2/c17-14-6-10(20(21)22)7-18-16(14)19-8-13-12-5-9-3-1-2-4-11(9)15(12)13/h1-4,6-7,12-13,15H,5,8H2,(H,18,19). The zero-order valence-electron chi connectivity index (χ0n) is 11.7. The number of hydrogen-bond donors (Lipinski definition) is 1. The summed E-state index contributed by atoms with van der Waals surface area (Å²) in [6.45, 7) is 0.854. The minimum Gasteiger partial charge on any atom is -0.369 e. The van der Waals surface area contributed by atoms with Crippen molar-refractivity contribution in [1.29, 1.82) is 0 Å². The summed E-state index contributed by atoms with van der Waals surface area (Å²) in [6.07, 6.45) is 2.46. The molecule has 2 aliphatic rings. The lowest BCUT2D eigenvalue weighted by atomic mass is 10.0. The summed E-state index contributed by atoms with van der Waals surface area (Å²) in [6, 6.07) is 10.2. The lowest BCUT2D eigenvalue weighted by Crippen LogP contribution is -2.09. The van der Waals surface area contributed by atoms with E-state index in [0.717, 1.165) is 12.5 Å². The largest absolute Gasteiger partial charge is 0.369 e. The van der Waals surface area contributed by atoms with Gasteiger partial charge >= 0.3 is 0 Å².